The van der Waals surface area contributed by atoms with E-state index >= 15 is 0 Å². The minimum absolute atomic E-state index is 0.0320. The van der Waals surface area contributed by atoms with Crippen molar-refractivity contribution in [2.45, 2.75) is 49.5 Å². The molecule has 1 saturated heterocycles. The SMILES string of the molecule is O=C(NC1CC1)c1ccc(Cl)c(S(=O)(=O)N2CCCCCC2)c1. The molecule has 126 valence electrons. The van der Waals surface area contributed by atoms with Gasteiger partial charge in [0.15, 0.2) is 0 Å². The molecule has 23 heavy (non-hydrogen) atoms. The largest absolute Gasteiger partial charge is 0.349 e. The molecule has 5 nitrogen and oxygen atoms in total. The number of hydrogen-bond donors (Lipinski definition) is 1. The fraction of sp³-hybridized carbons (Fsp3) is 0.562. The standard InChI is InChI=1S/C16H21ClN2O3S/c17-14-8-5-12(16(20)18-13-6-7-13)11-15(14)23(21,22)19-9-3-1-2-4-10-19/h5,8,11,13H,1-4,6-7,9-10H2,(H,18,20). The molecule has 0 radical (unpaired) electrons. The lowest BCUT2D eigenvalue weighted by molar-refractivity contribution is 0.0951. The van der Waals surface area contributed by atoms with Crippen LogP contribution in [0.3, 0.4) is 0 Å². The lowest BCUT2D eigenvalue weighted by Gasteiger charge is -2.21. The zero-order chi connectivity index (χ0) is 16.4. The molecule has 2 fully saturated rings. The molecule has 1 saturated carbocycles. The summed E-state index contributed by atoms with van der Waals surface area (Å²) in [6, 6.07) is 4.69. The van der Waals surface area contributed by atoms with Gasteiger partial charge in [0.25, 0.3) is 5.91 Å². The summed E-state index contributed by atoms with van der Waals surface area (Å²) in [5.74, 6) is -0.239. The Morgan fingerprint density at radius 3 is 2.39 bits per heavy atom. The second-order valence-electron chi connectivity index (χ2n) is 6.21. The molecule has 1 aliphatic heterocycles. The number of nitrogens with one attached hydrogen (secondary N) is 1. The second kappa shape index (κ2) is 6.79. The number of amides is 1. The van der Waals surface area contributed by atoms with Gasteiger partial charge in [-0.3, -0.25) is 4.79 Å². The molecule has 1 aromatic carbocycles. The van der Waals surface area contributed by atoms with Crippen molar-refractivity contribution in [3.05, 3.63) is 28.8 Å². The highest BCUT2D eigenvalue weighted by atomic mass is 35.5. The van der Waals surface area contributed by atoms with Crippen LogP contribution in [0.1, 0.15) is 48.9 Å². The topological polar surface area (TPSA) is 66.5 Å². The van der Waals surface area contributed by atoms with Crippen LogP contribution in [-0.2, 0) is 10.0 Å². The van der Waals surface area contributed by atoms with Crippen LogP contribution in [0.4, 0.5) is 0 Å². The van der Waals surface area contributed by atoms with E-state index in [-0.39, 0.29) is 21.9 Å². The van der Waals surface area contributed by atoms with E-state index in [9.17, 15) is 13.2 Å². The number of benzene rings is 1. The third-order valence-electron chi connectivity index (χ3n) is 4.29. The number of rotatable bonds is 4. The summed E-state index contributed by atoms with van der Waals surface area (Å²) in [5, 5.41) is 3.03. The van der Waals surface area contributed by atoms with Gasteiger partial charge in [-0.25, -0.2) is 8.42 Å². The smallest absolute Gasteiger partial charge is 0.251 e. The fourth-order valence-corrected chi connectivity index (χ4v) is 4.78. The quantitative estimate of drug-likeness (QED) is 0.902. The van der Waals surface area contributed by atoms with Gasteiger partial charge in [-0.1, -0.05) is 24.4 Å². The summed E-state index contributed by atoms with van der Waals surface area (Å²) in [4.78, 5) is 12.2. The molecule has 3 rings (SSSR count). The Labute approximate surface area is 142 Å². The summed E-state index contributed by atoms with van der Waals surface area (Å²) >= 11 is 6.13. The first-order chi connectivity index (χ1) is 11.0. The predicted octanol–water partition coefficient (Wildman–Crippen LogP) is 2.80. The molecule has 1 N–H and O–H groups in total. The van der Waals surface area contributed by atoms with Crippen molar-refractivity contribution in [2.24, 2.45) is 0 Å². The van der Waals surface area contributed by atoms with Crippen molar-refractivity contribution in [1.82, 2.24) is 9.62 Å². The zero-order valence-corrected chi connectivity index (χ0v) is 14.5. The first kappa shape index (κ1) is 16.7. The Kier molecular flexibility index (Phi) is 4.94. The number of carbonyl (C=O) groups is 1. The molecule has 2 aliphatic rings. The minimum Gasteiger partial charge on any atom is -0.349 e. The Morgan fingerprint density at radius 2 is 1.78 bits per heavy atom. The maximum atomic E-state index is 12.9. The van der Waals surface area contributed by atoms with Gasteiger partial charge in [-0.05, 0) is 43.9 Å². The van der Waals surface area contributed by atoms with Crippen LogP contribution in [0.5, 0.6) is 0 Å². The van der Waals surface area contributed by atoms with Crippen molar-refractivity contribution in [1.29, 1.82) is 0 Å². The summed E-state index contributed by atoms with van der Waals surface area (Å²) in [5.41, 5.74) is 0.342. The van der Waals surface area contributed by atoms with Crippen LogP contribution in [0.15, 0.2) is 23.1 Å². The number of halogens is 1. The van der Waals surface area contributed by atoms with Crippen molar-refractivity contribution >= 4 is 27.5 Å². The first-order valence-corrected chi connectivity index (χ1v) is 9.91. The monoisotopic (exact) mass is 356 g/mol. The maximum absolute atomic E-state index is 12.9. The van der Waals surface area contributed by atoms with Crippen molar-refractivity contribution in [3.63, 3.8) is 0 Å². The molecule has 1 heterocycles. The Morgan fingerprint density at radius 1 is 1.13 bits per heavy atom. The molecular weight excluding hydrogens is 336 g/mol. The van der Waals surface area contributed by atoms with Crippen molar-refractivity contribution in [2.75, 3.05) is 13.1 Å². The molecule has 0 aromatic heterocycles. The van der Waals surface area contributed by atoms with Crippen LogP contribution in [-0.4, -0.2) is 37.8 Å². The van der Waals surface area contributed by atoms with Crippen molar-refractivity contribution < 1.29 is 13.2 Å². The second-order valence-corrected chi connectivity index (χ2v) is 8.52. The van der Waals surface area contributed by atoms with E-state index in [1.165, 1.54) is 16.4 Å². The molecule has 0 spiro atoms. The number of sulfonamides is 1. The van der Waals surface area contributed by atoms with Gasteiger partial charge in [-0.15, -0.1) is 0 Å². The minimum atomic E-state index is -3.66. The fourth-order valence-electron chi connectivity index (χ4n) is 2.76. The average molecular weight is 357 g/mol. The highest BCUT2D eigenvalue weighted by Gasteiger charge is 2.29. The third-order valence-corrected chi connectivity index (χ3v) is 6.67. The highest BCUT2D eigenvalue weighted by Crippen LogP contribution is 2.28. The van der Waals surface area contributed by atoms with E-state index in [4.69, 9.17) is 11.6 Å². The number of hydrogen-bond acceptors (Lipinski definition) is 3. The van der Waals surface area contributed by atoms with Gasteiger partial charge in [0.1, 0.15) is 4.90 Å². The van der Waals surface area contributed by atoms with E-state index in [1.807, 2.05) is 0 Å². The molecule has 0 unspecified atom stereocenters. The normalized spacial score (nSPS) is 20.0. The summed E-state index contributed by atoms with van der Waals surface area (Å²) < 4.78 is 27.2. The van der Waals surface area contributed by atoms with Crippen LogP contribution in [0.2, 0.25) is 5.02 Å². The number of carbonyl (C=O) groups excluding carboxylic acids is 1. The molecule has 1 amide bonds. The van der Waals surface area contributed by atoms with Crippen LogP contribution < -0.4 is 5.32 Å². The van der Waals surface area contributed by atoms with Gasteiger partial charge in [0.2, 0.25) is 10.0 Å². The van der Waals surface area contributed by atoms with Gasteiger partial charge in [-0.2, -0.15) is 4.31 Å². The van der Waals surface area contributed by atoms with Gasteiger partial charge in [0, 0.05) is 24.7 Å². The van der Waals surface area contributed by atoms with Crippen LogP contribution in [0, 0.1) is 0 Å². The van der Waals surface area contributed by atoms with E-state index in [0.29, 0.717) is 18.7 Å². The van der Waals surface area contributed by atoms with Gasteiger partial charge < -0.3 is 5.32 Å². The molecule has 0 bridgehead atoms. The van der Waals surface area contributed by atoms with E-state index in [0.717, 1.165) is 38.5 Å². The Bertz CT molecular complexity index is 693. The van der Waals surface area contributed by atoms with Gasteiger partial charge >= 0.3 is 0 Å². The van der Waals surface area contributed by atoms with Crippen LogP contribution in [0.25, 0.3) is 0 Å². The van der Waals surface area contributed by atoms with Crippen LogP contribution >= 0.6 is 11.6 Å². The van der Waals surface area contributed by atoms with Crippen molar-refractivity contribution in [3.8, 4) is 0 Å². The lowest BCUT2D eigenvalue weighted by atomic mass is 10.2. The summed E-state index contributed by atoms with van der Waals surface area (Å²) in [6.45, 7) is 1.02. The van der Waals surface area contributed by atoms with E-state index in [1.54, 1.807) is 6.07 Å². The highest BCUT2D eigenvalue weighted by molar-refractivity contribution is 7.89. The summed E-state index contributed by atoms with van der Waals surface area (Å²) in [7, 11) is -3.66. The lowest BCUT2D eigenvalue weighted by Crippen LogP contribution is -2.32. The molecule has 1 aromatic rings. The summed E-state index contributed by atoms with van der Waals surface area (Å²) in [6.07, 6.45) is 5.78. The first-order valence-electron chi connectivity index (χ1n) is 8.09. The molecule has 0 atom stereocenters. The third kappa shape index (κ3) is 3.87. The Hall–Kier alpha value is -1.11. The van der Waals surface area contributed by atoms with Gasteiger partial charge in [0.05, 0.1) is 5.02 Å². The van der Waals surface area contributed by atoms with E-state index < -0.39 is 10.0 Å². The molecule has 1 aliphatic carbocycles. The average Bonchev–Trinajstić information content (AvgIpc) is 3.33. The van der Waals surface area contributed by atoms with E-state index in [2.05, 4.69) is 5.32 Å². The Balaban J connectivity index is 1.88. The zero-order valence-electron chi connectivity index (χ0n) is 12.9. The number of nitrogens with zero attached hydrogens (tertiary/aromatic N) is 1. The maximum Gasteiger partial charge on any atom is 0.251 e. The molecule has 7 heteroatoms. The molecular formula is C16H21ClN2O3S. The predicted molar refractivity (Wildman–Crippen MR) is 89.2 cm³/mol.